The van der Waals surface area contributed by atoms with Gasteiger partial charge >= 0.3 is 0 Å². The maximum Gasteiger partial charge on any atom is 0.158 e. The molecule has 96 valence electrons. The van der Waals surface area contributed by atoms with Gasteiger partial charge in [-0.3, -0.25) is 4.98 Å². The smallest absolute Gasteiger partial charge is 0.158 e. The van der Waals surface area contributed by atoms with E-state index in [2.05, 4.69) is 4.98 Å². The van der Waals surface area contributed by atoms with Crippen molar-refractivity contribution in [1.82, 2.24) is 4.98 Å². The Kier molecular flexibility index (Phi) is 2.12. The van der Waals surface area contributed by atoms with E-state index in [1.54, 1.807) is 12.1 Å². The molecule has 0 bridgehead atoms. The lowest BCUT2D eigenvalue weighted by molar-refractivity contribution is 0.405. The maximum absolute atomic E-state index is 9.78. The van der Waals surface area contributed by atoms with Crippen molar-refractivity contribution >= 4 is 32.4 Å². The van der Waals surface area contributed by atoms with E-state index in [1.165, 1.54) is 0 Å². The number of benzene rings is 3. The Balaban J connectivity index is 2.33. The van der Waals surface area contributed by atoms with Gasteiger partial charge in [0, 0.05) is 17.0 Å². The minimum atomic E-state index is -0.113. The second-order valence-electron chi connectivity index (χ2n) is 4.87. The molecule has 3 heteroatoms. The topological polar surface area (TPSA) is 53.4 Å². The summed E-state index contributed by atoms with van der Waals surface area (Å²) >= 11 is 0. The third-order valence-electron chi connectivity index (χ3n) is 3.67. The van der Waals surface area contributed by atoms with E-state index in [-0.39, 0.29) is 11.5 Å². The van der Waals surface area contributed by atoms with Crippen LogP contribution in [0.1, 0.15) is 0 Å². The van der Waals surface area contributed by atoms with Gasteiger partial charge in [-0.15, -0.1) is 0 Å². The summed E-state index contributed by atoms with van der Waals surface area (Å²) in [6, 6.07) is 15.0. The van der Waals surface area contributed by atoms with E-state index in [4.69, 9.17) is 0 Å². The van der Waals surface area contributed by atoms with Gasteiger partial charge in [0.25, 0.3) is 0 Å². The number of phenolic OH excluding ortho intramolecular Hbond substituents is 2. The summed E-state index contributed by atoms with van der Waals surface area (Å²) in [7, 11) is 0. The molecular weight excluding hydrogens is 250 g/mol. The van der Waals surface area contributed by atoms with Crippen LogP contribution < -0.4 is 0 Å². The lowest BCUT2D eigenvalue weighted by Crippen LogP contribution is -1.84. The molecule has 0 radical (unpaired) electrons. The van der Waals surface area contributed by atoms with Crippen LogP contribution in [-0.4, -0.2) is 15.2 Å². The lowest BCUT2D eigenvalue weighted by atomic mass is 9.99. The molecule has 0 spiro atoms. The molecule has 0 aliphatic carbocycles. The Bertz CT molecular complexity index is 977. The number of hydrogen-bond acceptors (Lipinski definition) is 3. The number of aromatic hydroxyl groups is 2. The number of fused-ring (bicyclic) bond motifs is 5. The summed E-state index contributed by atoms with van der Waals surface area (Å²) in [6.07, 6.45) is 1.85. The fourth-order valence-electron chi connectivity index (χ4n) is 2.70. The normalized spacial score (nSPS) is 11.4. The van der Waals surface area contributed by atoms with Crippen LogP contribution in [0, 0.1) is 0 Å². The van der Waals surface area contributed by atoms with Gasteiger partial charge in [0.2, 0.25) is 0 Å². The van der Waals surface area contributed by atoms with E-state index in [0.29, 0.717) is 0 Å². The zero-order chi connectivity index (χ0) is 13.7. The number of nitrogens with zero attached hydrogens (tertiary/aromatic N) is 1. The average molecular weight is 261 g/mol. The Morgan fingerprint density at radius 2 is 1.55 bits per heavy atom. The van der Waals surface area contributed by atoms with Crippen molar-refractivity contribution in [2.45, 2.75) is 0 Å². The molecule has 3 aromatic carbocycles. The van der Waals surface area contributed by atoms with Gasteiger partial charge in [0.05, 0.1) is 5.52 Å². The highest BCUT2D eigenvalue weighted by molar-refractivity contribution is 6.19. The van der Waals surface area contributed by atoms with Gasteiger partial charge < -0.3 is 10.2 Å². The summed E-state index contributed by atoms with van der Waals surface area (Å²) in [4.78, 5) is 4.47. The monoisotopic (exact) mass is 261 g/mol. The zero-order valence-electron chi connectivity index (χ0n) is 10.5. The van der Waals surface area contributed by atoms with Crippen LogP contribution in [0.2, 0.25) is 0 Å². The first-order valence-corrected chi connectivity index (χ1v) is 6.36. The van der Waals surface area contributed by atoms with E-state index in [9.17, 15) is 10.2 Å². The van der Waals surface area contributed by atoms with Crippen LogP contribution in [0.5, 0.6) is 11.5 Å². The molecule has 0 fully saturated rings. The summed E-state index contributed by atoms with van der Waals surface area (Å²) in [6.45, 7) is 0. The van der Waals surface area contributed by atoms with Crippen LogP contribution >= 0.6 is 0 Å². The molecule has 3 nitrogen and oxygen atoms in total. The van der Waals surface area contributed by atoms with Gasteiger partial charge in [-0.1, -0.05) is 30.3 Å². The molecule has 1 heterocycles. The molecule has 0 unspecified atom stereocenters. The van der Waals surface area contributed by atoms with Crippen molar-refractivity contribution in [3.05, 3.63) is 54.7 Å². The lowest BCUT2D eigenvalue weighted by Gasteiger charge is -2.08. The van der Waals surface area contributed by atoms with E-state index in [1.807, 2.05) is 42.6 Å². The minimum Gasteiger partial charge on any atom is -0.504 e. The van der Waals surface area contributed by atoms with E-state index < -0.39 is 0 Å². The van der Waals surface area contributed by atoms with Crippen molar-refractivity contribution in [3.63, 3.8) is 0 Å². The minimum absolute atomic E-state index is 0.106. The third-order valence-corrected chi connectivity index (χ3v) is 3.67. The summed E-state index contributed by atoms with van der Waals surface area (Å²) < 4.78 is 0. The zero-order valence-corrected chi connectivity index (χ0v) is 10.5. The molecule has 2 N–H and O–H groups in total. The standard InChI is InChI=1S/C17H11NO2/c19-15-7-10-5-6-14-17(13(10)8-16(15)20)12-4-2-1-3-11(12)9-18-14/h1-9,19-20H. The Hall–Kier alpha value is -2.81. The van der Waals surface area contributed by atoms with Crippen molar-refractivity contribution in [1.29, 1.82) is 0 Å². The number of rotatable bonds is 0. The molecule has 4 aromatic rings. The predicted octanol–water partition coefficient (Wildman–Crippen LogP) is 3.95. The first-order chi connectivity index (χ1) is 9.74. The van der Waals surface area contributed by atoms with Gasteiger partial charge in [-0.2, -0.15) is 0 Å². The predicted molar refractivity (Wildman–Crippen MR) is 80.1 cm³/mol. The first kappa shape index (κ1) is 11.1. The van der Waals surface area contributed by atoms with Crippen molar-refractivity contribution in [2.24, 2.45) is 0 Å². The average Bonchev–Trinajstić information content (AvgIpc) is 2.48. The molecule has 20 heavy (non-hydrogen) atoms. The van der Waals surface area contributed by atoms with Crippen LogP contribution in [0.25, 0.3) is 32.4 Å². The third kappa shape index (κ3) is 1.43. The van der Waals surface area contributed by atoms with E-state index >= 15 is 0 Å². The van der Waals surface area contributed by atoms with Crippen molar-refractivity contribution in [2.75, 3.05) is 0 Å². The second-order valence-corrected chi connectivity index (χ2v) is 4.87. The van der Waals surface area contributed by atoms with Gasteiger partial charge in [0.1, 0.15) is 0 Å². The highest BCUT2D eigenvalue weighted by Crippen LogP contribution is 2.36. The number of hydrogen-bond donors (Lipinski definition) is 2. The van der Waals surface area contributed by atoms with Crippen LogP contribution in [0.15, 0.2) is 54.7 Å². The fraction of sp³-hybridized carbons (Fsp3) is 0. The molecule has 0 atom stereocenters. The molecule has 0 saturated heterocycles. The highest BCUT2D eigenvalue weighted by Gasteiger charge is 2.09. The van der Waals surface area contributed by atoms with E-state index in [0.717, 1.165) is 32.4 Å². The van der Waals surface area contributed by atoms with Gasteiger partial charge in [-0.25, -0.2) is 0 Å². The number of pyridine rings is 1. The van der Waals surface area contributed by atoms with Crippen LogP contribution in [-0.2, 0) is 0 Å². The van der Waals surface area contributed by atoms with Crippen LogP contribution in [0.3, 0.4) is 0 Å². The first-order valence-electron chi connectivity index (χ1n) is 6.36. The summed E-state index contributed by atoms with van der Waals surface area (Å²) in [5.74, 6) is -0.219. The molecule has 0 saturated carbocycles. The Morgan fingerprint density at radius 1 is 0.750 bits per heavy atom. The van der Waals surface area contributed by atoms with Crippen molar-refractivity contribution in [3.8, 4) is 11.5 Å². The summed E-state index contributed by atoms with van der Waals surface area (Å²) in [5, 5.41) is 24.3. The second kappa shape index (κ2) is 3.84. The molecule has 0 aliphatic rings. The Labute approximate surface area is 114 Å². The molecule has 4 rings (SSSR count). The molecule has 0 amide bonds. The van der Waals surface area contributed by atoms with Gasteiger partial charge in [-0.05, 0) is 34.4 Å². The maximum atomic E-state index is 9.78. The number of aromatic nitrogens is 1. The molecule has 0 aliphatic heterocycles. The quantitative estimate of drug-likeness (QED) is 0.372. The SMILES string of the molecule is Oc1cc2ccc3ncc4ccccc4c3c2cc1O. The van der Waals surface area contributed by atoms with Gasteiger partial charge in [0.15, 0.2) is 11.5 Å². The van der Waals surface area contributed by atoms with Crippen LogP contribution in [0.4, 0.5) is 0 Å². The highest BCUT2D eigenvalue weighted by atomic mass is 16.3. The largest absolute Gasteiger partial charge is 0.504 e. The van der Waals surface area contributed by atoms with Crippen molar-refractivity contribution < 1.29 is 10.2 Å². The molecular formula is C17H11NO2. The molecule has 1 aromatic heterocycles. The fourth-order valence-corrected chi connectivity index (χ4v) is 2.70. The Morgan fingerprint density at radius 3 is 2.45 bits per heavy atom. The number of phenols is 2. The summed E-state index contributed by atoms with van der Waals surface area (Å²) in [5.41, 5.74) is 0.876.